The van der Waals surface area contributed by atoms with E-state index in [1.807, 2.05) is 32.9 Å². The first-order valence-corrected chi connectivity index (χ1v) is 6.71. The lowest BCUT2D eigenvalue weighted by molar-refractivity contribution is -0.150. The predicted molar refractivity (Wildman–Crippen MR) is 79.3 cm³/mol. The van der Waals surface area contributed by atoms with Crippen LogP contribution in [0.5, 0.6) is 5.75 Å². The molecule has 120 valence electrons. The topological polar surface area (TPSA) is 108 Å². The number of amides is 2. The Labute approximate surface area is 128 Å². The van der Waals surface area contributed by atoms with Gasteiger partial charge in [0.2, 0.25) is 5.91 Å². The number of hydrogen-bond acceptors (Lipinski definition) is 5. The number of primary amides is 1. The molecule has 0 fully saturated rings. The number of nitrogens with one attached hydrogen (secondary N) is 1. The first-order valence-electron chi connectivity index (χ1n) is 6.71. The van der Waals surface area contributed by atoms with Gasteiger partial charge >= 0.3 is 5.97 Å². The minimum Gasteiger partial charge on any atom is -0.481 e. The van der Waals surface area contributed by atoms with Gasteiger partial charge in [0.15, 0.2) is 13.2 Å². The van der Waals surface area contributed by atoms with E-state index in [4.69, 9.17) is 15.2 Å². The first-order chi connectivity index (χ1) is 10.3. The monoisotopic (exact) mass is 308 g/mol. The van der Waals surface area contributed by atoms with E-state index in [0.717, 1.165) is 16.7 Å². The fraction of sp³-hybridized carbons (Fsp3) is 0.400. The maximum atomic E-state index is 11.5. The molecule has 0 saturated carbocycles. The third-order valence-electron chi connectivity index (χ3n) is 2.76. The summed E-state index contributed by atoms with van der Waals surface area (Å²) in [7, 11) is 0. The van der Waals surface area contributed by atoms with Gasteiger partial charge in [-0.2, -0.15) is 0 Å². The van der Waals surface area contributed by atoms with Crippen molar-refractivity contribution in [2.24, 2.45) is 5.73 Å². The highest BCUT2D eigenvalue weighted by Gasteiger charge is 2.11. The summed E-state index contributed by atoms with van der Waals surface area (Å²) in [5.41, 5.74) is 7.82. The standard InChI is InChI=1S/C15H20N2O5/c1-9-4-10(2)15(11(3)5-9)22-8-14(20)21-7-13(19)17-6-12(16)18/h4-5H,6-8H2,1-3H3,(H2,16,18)(H,17,19). The van der Waals surface area contributed by atoms with Gasteiger partial charge in [-0.15, -0.1) is 0 Å². The molecular weight excluding hydrogens is 288 g/mol. The molecule has 0 unspecified atom stereocenters. The molecule has 3 N–H and O–H groups in total. The highest BCUT2D eigenvalue weighted by atomic mass is 16.6. The highest BCUT2D eigenvalue weighted by molar-refractivity contribution is 5.85. The van der Waals surface area contributed by atoms with E-state index in [9.17, 15) is 14.4 Å². The Morgan fingerprint density at radius 3 is 2.23 bits per heavy atom. The minimum absolute atomic E-state index is 0.297. The second-order valence-electron chi connectivity index (χ2n) is 4.92. The summed E-state index contributed by atoms with van der Waals surface area (Å²) in [5.74, 6) is -1.32. The molecule has 0 radical (unpaired) electrons. The molecule has 0 saturated heterocycles. The van der Waals surface area contributed by atoms with Gasteiger partial charge in [0, 0.05) is 0 Å². The molecule has 22 heavy (non-hydrogen) atoms. The predicted octanol–water partition coefficient (Wildman–Crippen LogP) is 0.135. The third-order valence-corrected chi connectivity index (χ3v) is 2.76. The smallest absolute Gasteiger partial charge is 0.344 e. The van der Waals surface area contributed by atoms with Crippen LogP contribution in [0.2, 0.25) is 0 Å². The number of carbonyl (C=O) groups excluding carboxylic acids is 3. The van der Waals surface area contributed by atoms with Crippen LogP contribution in [0, 0.1) is 20.8 Å². The summed E-state index contributed by atoms with van der Waals surface area (Å²) in [6.07, 6.45) is 0. The molecule has 7 heteroatoms. The summed E-state index contributed by atoms with van der Waals surface area (Å²) in [4.78, 5) is 33.2. The Hall–Kier alpha value is -2.57. The van der Waals surface area contributed by atoms with Crippen molar-refractivity contribution in [3.63, 3.8) is 0 Å². The van der Waals surface area contributed by atoms with Crippen molar-refractivity contribution in [2.75, 3.05) is 19.8 Å². The van der Waals surface area contributed by atoms with E-state index in [1.54, 1.807) is 0 Å². The molecule has 0 atom stereocenters. The average Bonchev–Trinajstić information content (AvgIpc) is 2.41. The fourth-order valence-corrected chi connectivity index (χ4v) is 1.95. The molecule has 0 aromatic heterocycles. The Balaban J connectivity index is 2.41. The fourth-order valence-electron chi connectivity index (χ4n) is 1.95. The Morgan fingerprint density at radius 2 is 1.68 bits per heavy atom. The van der Waals surface area contributed by atoms with Crippen LogP contribution in [0.4, 0.5) is 0 Å². The first kappa shape index (κ1) is 17.5. The molecular formula is C15H20N2O5. The average molecular weight is 308 g/mol. The van der Waals surface area contributed by atoms with Crippen LogP contribution in [-0.2, 0) is 19.1 Å². The van der Waals surface area contributed by atoms with Crippen LogP contribution in [0.1, 0.15) is 16.7 Å². The lowest BCUT2D eigenvalue weighted by atomic mass is 10.1. The summed E-state index contributed by atoms with van der Waals surface area (Å²) in [6.45, 7) is 4.67. The van der Waals surface area contributed by atoms with Gasteiger partial charge in [-0.25, -0.2) is 4.79 Å². The van der Waals surface area contributed by atoms with Gasteiger partial charge in [-0.1, -0.05) is 17.7 Å². The minimum atomic E-state index is -0.673. The van der Waals surface area contributed by atoms with Crippen LogP contribution in [0.15, 0.2) is 12.1 Å². The molecule has 0 heterocycles. The van der Waals surface area contributed by atoms with Crippen LogP contribution >= 0.6 is 0 Å². The molecule has 0 aliphatic heterocycles. The number of ether oxygens (including phenoxy) is 2. The van der Waals surface area contributed by atoms with E-state index >= 15 is 0 Å². The lowest BCUT2D eigenvalue weighted by Gasteiger charge is -2.12. The van der Waals surface area contributed by atoms with Gasteiger partial charge in [0.1, 0.15) is 5.75 Å². The second kappa shape index (κ2) is 8.02. The number of benzene rings is 1. The Morgan fingerprint density at radius 1 is 1.09 bits per heavy atom. The van der Waals surface area contributed by atoms with E-state index in [0.29, 0.717) is 5.75 Å². The zero-order valence-electron chi connectivity index (χ0n) is 12.9. The van der Waals surface area contributed by atoms with Crippen molar-refractivity contribution >= 4 is 17.8 Å². The van der Waals surface area contributed by atoms with Crippen LogP contribution in [0.25, 0.3) is 0 Å². The van der Waals surface area contributed by atoms with Gasteiger partial charge in [0.05, 0.1) is 6.54 Å². The van der Waals surface area contributed by atoms with Crippen molar-refractivity contribution < 1.29 is 23.9 Å². The summed E-state index contributed by atoms with van der Waals surface area (Å²) < 4.78 is 10.2. The number of esters is 1. The Kier molecular flexibility index (Phi) is 6.37. The van der Waals surface area contributed by atoms with Crippen molar-refractivity contribution in [2.45, 2.75) is 20.8 Å². The van der Waals surface area contributed by atoms with E-state index < -0.39 is 24.4 Å². The van der Waals surface area contributed by atoms with Crippen LogP contribution < -0.4 is 15.8 Å². The maximum Gasteiger partial charge on any atom is 0.344 e. The number of hydrogen-bond donors (Lipinski definition) is 2. The number of nitrogens with two attached hydrogens (primary N) is 1. The molecule has 2 amide bonds. The summed E-state index contributed by atoms with van der Waals surface area (Å²) in [6, 6.07) is 3.90. The van der Waals surface area contributed by atoms with Gasteiger partial charge in [-0.05, 0) is 31.9 Å². The maximum absolute atomic E-state index is 11.5. The van der Waals surface area contributed by atoms with Crippen LogP contribution in [0.3, 0.4) is 0 Å². The second-order valence-corrected chi connectivity index (χ2v) is 4.92. The van der Waals surface area contributed by atoms with Crippen molar-refractivity contribution in [1.82, 2.24) is 5.32 Å². The van der Waals surface area contributed by atoms with Crippen molar-refractivity contribution in [1.29, 1.82) is 0 Å². The van der Waals surface area contributed by atoms with Gasteiger partial charge in [0.25, 0.3) is 5.91 Å². The number of aryl methyl sites for hydroxylation is 3. The molecule has 0 aliphatic rings. The molecule has 0 bridgehead atoms. The van der Waals surface area contributed by atoms with E-state index in [1.165, 1.54) is 0 Å². The normalized spacial score (nSPS) is 9.95. The third kappa shape index (κ3) is 5.82. The summed E-state index contributed by atoms with van der Waals surface area (Å²) in [5, 5.41) is 2.20. The molecule has 0 spiro atoms. The molecule has 1 aromatic carbocycles. The number of rotatable bonds is 7. The molecule has 7 nitrogen and oxygen atoms in total. The van der Waals surface area contributed by atoms with Crippen LogP contribution in [-0.4, -0.2) is 37.5 Å². The zero-order chi connectivity index (χ0) is 16.7. The van der Waals surface area contributed by atoms with E-state index in [2.05, 4.69) is 5.32 Å². The van der Waals surface area contributed by atoms with Gasteiger partial charge < -0.3 is 20.5 Å². The SMILES string of the molecule is Cc1cc(C)c(OCC(=O)OCC(=O)NCC(N)=O)c(C)c1. The molecule has 1 aromatic rings. The zero-order valence-corrected chi connectivity index (χ0v) is 12.9. The highest BCUT2D eigenvalue weighted by Crippen LogP contribution is 2.24. The Bertz CT molecular complexity index is 560. The molecule has 1 rings (SSSR count). The van der Waals surface area contributed by atoms with Crippen molar-refractivity contribution in [3.05, 3.63) is 28.8 Å². The number of carbonyl (C=O) groups is 3. The quantitative estimate of drug-likeness (QED) is 0.696. The van der Waals surface area contributed by atoms with E-state index in [-0.39, 0.29) is 13.2 Å². The summed E-state index contributed by atoms with van der Waals surface area (Å²) >= 11 is 0. The molecule has 0 aliphatic carbocycles. The lowest BCUT2D eigenvalue weighted by Crippen LogP contribution is -2.36. The largest absolute Gasteiger partial charge is 0.481 e. The van der Waals surface area contributed by atoms with Crippen molar-refractivity contribution in [3.8, 4) is 5.75 Å². The van der Waals surface area contributed by atoms with Gasteiger partial charge in [-0.3, -0.25) is 9.59 Å².